The molecule has 0 unspecified atom stereocenters. The van der Waals surface area contributed by atoms with Gasteiger partial charge < -0.3 is 5.32 Å². The van der Waals surface area contributed by atoms with Crippen LogP contribution in [0.5, 0.6) is 0 Å². The van der Waals surface area contributed by atoms with Gasteiger partial charge in [0.15, 0.2) is 0 Å². The maximum atomic E-state index is 8.70. The van der Waals surface area contributed by atoms with Crippen molar-refractivity contribution in [1.29, 1.82) is 10.5 Å². The summed E-state index contributed by atoms with van der Waals surface area (Å²) in [6.07, 6.45) is 0. The van der Waals surface area contributed by atoms with Crippen molar-refractivity contribution < 1.29 is 0 Å². The highest BCUT2D eigenvalue weighted by molar-refractivity contribution is 7.10. The van der Waals surface area contributed by atoms with E-state index in [4.69, 9.17) is 10.5 Å². The number of hydrogen-bond acceptors (Lipinski definition) is 4. The monoisotopic (exact) mass is 239 g/mol. The molecule has 1 N–H and O–H groups in total. The fourth-order valence-corrected chi connectivity index (χ4v) is 2.13. The van der Waals surface area contributed by atoms with Gasteiger partial charge in [0.2, 0.25) is 0 Å². The molecule has 0 fully saturated rings. The van der Waals surface area contributed by atoms with Gasteiger partial charge in [0, 0.05) is 22.5 Å². The highest BCUT2D eigenvalue weighted by Crippen LogP contribution is 2.16. The highest BCUT2D eigenvalue weighted by Gasteiger charge is 1.99. The topological polar surface area (TPSA) is 59.6 Å². The fourth-order valence-electron chi connectivity index (χ4n) is 1.38. The Balaban J connectivity index is 1.98. The first-order valence-electron chi connectivity index (χ1n) is 5.03. The molecule has 1 heterocycles. The summed E-state index contributed by atoms with van der Waals surface area (Å²) in [7, 11) is 0. The van der Waals surface area contributed by atoms with Gasteiger partial charge >= 0.3 is 0 Å². The zero-order valence-electron chi connectivity index (χ0n) is 8.97. The van der Waals surface area contributed by atoms with Gasteiger partial charge in [0.1, 0.15) is 6.07 Å². The Kier molecular flexibility index (Phi) is 3.40. The van der Waals surface area contributed by atoms with Crippen LogP contribution in [-0.4, -0.2) is 0 Å². The molecule has 2 rings (SSSR count). The lowest BCUT2D eigenvalue weighted by atomic mass is 10.2. The number of thiophene rings is 1. The average molecular weight is 239 g/mol. The summed E-state index contributed by atoms with van der Waals surface area (Å²) in [5.41, 5.74) is 2.32. The van der Waals surface area contributed by atoms with Gasteiger partial charge in [-0.05, 0) is 30.3 Å². The third-order valence-corrected chi connectivity index (χ3v) is 3.20. The summed E-state index contributed by atoms with van der Waals surface area (Å²) in [6, 6.07) is 13.4. The van der Waals surface area contributed by atoms with Crippen LogP contribution in [0.15, 0.2) is 35.7 Å². The van der Waals surface area contributed by atoms with Gasteiger partial charge in [0.25, 0.3) is 0 Å². The van der Waals surface area contributed by atoms with Crippen molar-refractivity contribution in [2.75, 3.05) is 5.32 Å². The largest absolute Gasteiger partial charge is 0.380 e. The average Bonchev–Trinajstić information content (AvgIpc) is 2.85. The molecule has 3 nitrogen and oxygen atoms in total. The molecule has 82 valence electrons. The van der Waals surface area contributed by atoms with Crippen LogP contribution in [0.2, 0.25) is 0 Å². The third-order valence-electron chi connectivity index (χ3n) is 2.26. The Morgan fingerprint density at radius 2 is 1.76 bits per heavy atom. The number of benzene rings is 1. The molecule has 0 aliphatic rings. The second kappa shape index (κ2) is 5.16. The molecule has 0 radical (unpaired) electrons. The van der Waals surface area contributed by atoms with E-state index < -0.39 is 0 Å². The number of nitriles is 2. The first-order chi connectivity index (χ1) is 8.31. The maximum Gasteiger partial charge on any atom is 0.100 e. The number of nitrogens with zero attached hydrogens (tertiary/aromatic N) is 2. The van der Waals surface area contributed by atoms with Crippen LogP contribution in [-0.2, 0) is 6.54 Å². The minimum Gasteiger partial charge on any atom is -0.380 e. The van der Waals surface area contributed by atoms with Crippen LogP contribution < -0.4 is 5.32 Å². The van der Waals surface area contributed by atoms with E-state index in [-0.39, 0.29) is 0 Å². The van der Waals surface area contributed by atoms with Gasteiger partial charge in [-0.2, -0.15) is 10.5 Å². The van der Waals surface area contributed by atoms with Gasteiger partial charge in [-0.3, -0.25) is 0 Å². The van der Waals surface area contributed by atoms with E-state index in [1.54, 1.807) is 23.5 Å². The molecule has 1 aromatic heterocycles. The lowest BCUT2D eigenvalue weighted by Crippen LogP contribution is -1.96. The van der Waals surface area contributed by atoms with E-state index in [2.05, 4.69) is 17.5 Å². The molecule has 0 aliphatic carbocycles. The van der Waals surface area contributed by atoms with Crippen molar-refractivity contribution in [2.24, 2.45) is 0 Å². The van der Waals surface area contributed by atoms with Gasteiger partial charge in [-0.25, -0.2) is 0 Å². The summed E-state index contributed by atoms with van der Waals surface area (Å²) in [5, 5.41) is 22.5. The second-order valence-corrected chi connectivity index (χ2v) is 4.45. The molecule has 1 aromatic carbocycles. The van der Waals surface area contributed by atoms with E-state index >= 15 is 0 Å². The van der Waals surface area contributed by atoms with Crippen LogP contribution in [0.25, 0.3) is 0 Å². The van der Waals surface area contributed by atoms with E-state index in [1.165, 1.54) is 0 Å². The highest BCUT2D eigenvalue weighted by atomic mass is 32.1. The Bertz CT molecular complexity index is 584. The molecular weight excluding hydrogens is 230 g/mol. The van der Waals surface area contributed by atoms with Crippen molar-refractivity contribution >= 4 is 17.0 Å². The molecule has 4 heteroatoms. The van der Waals surface area contributed by atoms with Crippen molar-refractivity contribution in [1.82, 2.24) is 0 Å². The lowest BCUT2D eigenvalue weighted by molar-refractivity contribution is 1.19. The zero-order valence-corrected chi connectivity index (χ0v) is 9.79. The summed E-state index contributed by atoms with van der Waals surface area (Å²) in [6.45, 7) is 0.693. The Morgan fingerprint density at radius 3 is 2.35 bits per heavy atom. The van der Waals surface area contributed by atoms with Crippen molar-refractivity contribution in [2.45, 2.75) is 6.54 Å². The molecular formula is C13H9N3S. The van der Waals surface area contributed by atoms with Crippen molar-refractivity contribution in [3.05, 3.63) is 51.7 Å². The van der Waals surface area contributed by atoms with Gasteiger partial charge in [0.05, 0.1) is 17.2 Å². The van der Waals surface area contributed by atoms with E-state index in [1.807, 2.05) is 23.6 Å². The number of anilines is 1. The quantitative estimate of drug-likeness (QED) is 0.895. The number of nitrogens with one attached hydrogen (secondary N) is 1. The van der Waals surface area contributed by atoms with Crippen LogP contribution in [0, 0.1) is 22.7 Å². The Morgan fingerprint density at radius 1 is 1.06 bits per heavy atom. The molecule has 0 atom stereocenters. The molecule has 17 heavy (non-hydrogen) atoms. The van der Waals surface area contributed by atoms with Crippen LogP contribution in [0.1, 0.15) is 16.0 Å². The zero-order chi connectivity index (χ0) is 12.1. The molecule has 0 spiro atoms. The Labute approximate surface area is 104 Å². The van der Waals surface area contributed by atoms with Crippen molar-refractivity contribution in [3.63, 3.8) is 0 Å². The standard InChI is InChI=1S/C13H9N3S/c14-6-10-1-3-12(4-2-10)16-8-13-5-11(7-15)9-17-13/h1-5,9,16H,8H2. The number of rotatable bonds is 3. The minimum atomic E-state index is 0.651. The molecule has 0 aliphatic heterocycles. The second-order valence-electron chi connectivity index (χ2n) is 3.46. The molecule has 0 amide bonds. The molecule has 0 saturated heterocycles. The maximum absolute atomic E-state index is 8.70. The summed E-state index contributed by atoms with van der Waals surface area (Å²) >= 11 is 1.56. The van der Waals surface area contributed by atoms with E-state index in [0.717, 1.165) is 10.6 Å². The van der Waals surface area contributed by atoms with E-state index in [0.29, 0.717) is 17.7 Å². The lowest BCUT2D eigenvalue weighted by Gasteiger charge is -2.03. The van der Waals surface area contributed by atoms with Crippen LogP contribution in [0.3, 0.4) is 0 Å². The van der Waals surface area contributed by atoms with Crippen molar-refractivity contribution in [3.8, 4) is 12.1 Å². The van der Waals surface area contributed by atoms with Crippen LogP contribution >= 0.6 is 11.3 Å². The summed E-state index contributed by atoms with van der Waals surface area (Å²) in [4.78, 5) is 1.12. The number of hydrogen-bond donors (Lipinski definition) is 1. The summed E-state index contributed by atoms with van der Waals surface area (Å²) in [5.74, 6) is 0. The molecule has 2 aromatic rings. The third kappa shape index (κ3) is 2.84. The van der Waals surface area contributed by atoms with Crippen LogP contribution in [0.4, 0.5) is 5.69 Å². The molecule has 0 bridgehead atoms. The van der Waals surface area contributed by atoms with Gasteiger partial charge in [-0.15, -0.1) is 11.3 Å². The first kappa shape index (κ1) is 11.2. The Hall–Kier alpha value is -2.30. The summed E-state index contributed by atoms with van der Waals surface area (Å²) < 4.78 is 0. The smallest absolute Gasteiger partial charge is 0.100 e. The van der Waals surface area contributed by atoms with Gasteiger partial charge in [-0.1, -0.05) is 0 Å². The predicted octanol–water partition coefficient (Wildman–Crippen LogP) is 3.10. The minimum absolute atomic E-state index is 0.651. The predicted molar refractivity (Wildman–Crippen MR) is 67.5 cm³/mol. The normalized spacial score (nSPS) is 9.29. The fraction of sp³-hybridized carbons (Fsp3) is 0.0769. The SMILES string of the molecule is N#Cc1ccc(NCc2cc(C#N)cs2)cc1. The molecule has 0 saturated carbocycles. The first-order valence-corrected chi connectivity index (χ1v) is 5.91. The van der Waals surface area contributed by atoms with E-state index in [9.17, 15) is 0 Å².